The molecular formula is C63H115NO10. The molecule has 0 aliphatic carbocycles. The lowest BCUT2D eigenvalue weighted by atomic mass is 9.99. The van der Waals surface area contributed by atoms with Gasteiger partial charge in [-0.3, -0.25) is 9.59 Å². The molecule has 1 aliphatic rings. The molecule has 1 amide bonds. The van der Waals surface area contributed by atoms with E-state index in [0.29, 0.717) is 12.8 Å². The number of allylic oxidation sites excluding steroid dienone is 7. The van der Waals surface area contributed by atoms with Crippen molar-refractivity contribution in [1.82, 2.24) is 5.32 Å². The van der Waals surface area contributed by atoms with Crippen molar-refractivity contribution in [2.75, 3.05) is 13.2 Å². The van der Waals surface area contributed by atoms with Gasteiger partial charge in [0.2, 0.25) is 5.91 Å². The van der Waals surface area contributed by atoms with Crippen molar-refractivity contribution in [2.24, 2.45) is 0 Å². The molecule has 0 radical (unpaired) electrons. The van der Waals surface area contributed by atoms with Gasteiger partial charge < -0.3 is 45.1 Å². The first-order valence-corrected chi connectivity index (χ1v) is 30.9. The number of hydrogen-bond donors (Lipinski definition) is 6. The van der Waals surface area contributed by atoms with Crippen LogP contribution in [0.15, 0.2) is 48.6 Å². The molecule has 6 N–H and O–H groups in total. The predicted octanol–water partition coefficient (Wildman–Crippen LogP) is 14.4. The van der Waals surface area contributed by atoms with Gasteiger partial charge in [-0.2, -0.15) is 0 Å². The van der Waals surface area contributed by atoms with Crippen LogP contribution in [-0.4, -0.2) is 99.6 Å². The van der Waals surface area contributed by atoms with E-state index in [1.54, 1.807) is 6.08 Å². The fourth-order valence-corrected chi connectivity index (χ4v) is 9.50. The van der Waals surface area contributed by atoms with Gasteiger partial charge in [-0.15, -0.1) is 0 Å². The maximum Gasteiger partial charge on any atom is 0.306 e. The van der Waals surface area contributed by atoms with Crippen molar-refractivity contribution in [1.29, 1.82) is 0 Å². The first-order chi connectivity index (χ1) is 36.2. The number of nitrogens with one attached hydrogen (secondary N) is 1. The topological polar surface area (TPSA) is 175 Å². The Morgan fingerprint density at radius 3 is 1.42 bits per heavy atom. The van der Waals surface area contributed by atoms with E-state index in [2.05, 4.69) is 62.5 Å². The molecule has 0 aromatic rings. The molecule has 11 nitrogen and oxygen atoms in total. The maximum atomic E-state index is 13.4. The zero-order valence-corrected chi connectivity index (χ0v) is 47.7. The molecule has 0 bridgehead atoms. The first-order valence-electron chi connectivity index (χ1n) is 30.9. The molecule has 432 valence electrons. The second kappa shape index (κ2) is 51.4. The van der Waals surface area contributed by atoms with Gasteiger partial charge in [-0.05, 0) is 83.5 Å². The fraction of sp³-hybridized carbons (Fsp3) is 0.841. The quantitative estimate of drug-likeness (QED) is 0.0195. The molecular weight excluding hydrogens is 931 g/mol. The van der Waals surface area contributed by atoms with Gasteiger partial charge in [0.25, 0.3) is 0 Å². The Hall–Kier alpha value is -2.38. The average Bonchev–Trinajstić information content (AvgIpc) is 3.40. The fourth-order valence-electron chi connectivity index (χ4n) is 9.50. The zero-order valence-electron chi connectivity index (χ0n) is 47.7. The monoisotopic (exact) mass is 1050 g/mol. The molecule has 1 saturated heterocycles. The molecule has 8 atom stereocenters. The summed E-state index contributed by atoms with van der Waals surface area (Å²) in [6.45, 7) is 5.75. The largest absolute Gasteiger partial charge is 0.454 e. The summed E-state index contributed by atoms with van der Waals surface area (Å²) in [5.41, 5.74) is 0. The summed E-state index contributed by atoms with van der Waals surface area (Å²) in [7, 11) is 0. The number of rotatable bonds is 52. The van der Waals surface area contributed by atoms with Crippen LogP contribution in [0.3, 0.4) is 0 Å². The highest BCUT2D eigenvalue weighted by Gasteiger charge is 2.47. The van der Waals surface area contributed by atoms with E-state index in [1.807, 2.05) is 6.08 Å². The summed E-state index contributed by atoms with van der Waals surface area (Å²) >= 11 is 0. The molecule has 1 heterocycles. The van der Waals surface area contributed by atoms with Crippen molar-refractivity contribution >= 4 is 11.9 Å². The highest BCUT2D eigenvalue weighted by atomic mass is 16.7. The molecule has 1 rings (SSSR count). The lowest BCUT2D eigenvalue weighted by molar-refractivity contribution is -0.305. The molecule has 0 aromatic carbocycles. The number of unbranched alkanes of at least 4 members (excludes halogenated alkanes) is 32. The Kier molecular flexibility index (Phi) is 48.3. The summed E-state index contributed by atoms with van der Waals surface area (Å²) in [4.78, 5) is 26.5. The molecule has 0 aromatic heterocycles. The molecule has 8 unspecified atom stereocenters. The molecule has 1 aliphatic heterocycles. The van der Waals surface area contributed by atoms with Crippen LogP contribution in [0.5, 0.6) is 0 Å². The number of carbonyl (C=O) groups excluding carboxylic acids is 2. The summed E-state index contributed by atoms with van der Waals surface area (Å²) in [5.74, 6) is -1.21. The van der Waals surface area contributed by atoms with Crippen molar-refractivity contribution in [3.63, 3.8) is 0 Å². The number of carbonyl (C=O) groups is 2. The average molecular weight is 1050 g/mol. The molecule has 11 heteroatoms. The minimum absolute atomic E-state index is 0.104. The van der Waals surface area contributed by atoms with Gasteiger partial charge in [0, 0.05) is 6.42 Å². The number of aliphatic hydroxyl groups is 5. The number of hydrogen-bond acceptors (Lipinski definition) is 10. The number of aliphatic hydroxyl groups excluding tert-OH is 5. The van der Waals surface area contributed by atoms with Crippen molar-refractivity contribution in [3.05, 3.63) is 48.6 Å². The van der Waals surface area contributed by atoms with E-state index in [4.69, 9.17) is 14.2 Å². The maximum absolute atomic E-state index is 13.4. The van der Waals surface area contributed by atoms with Crippen LogP contribution in [0.2, 0.25) is 0 Å². The standard InChI is InChI=1S/C63H115NO10/c1-4-7-10-13-16-19-22-24-26-27-28-29-30-31-32-35-38-41-44-47-50-56(67)62(71)64-54(55(66)49-46-43-40-37-34-21-18-15-12-9-6-3)53-72-63-61(60(70)59(69)57(52-65)73-63)74-58(68)51-48-45-42-39-36-33-25-23-20-17-14-11-8-5-2/h16,19,24,26,33,36,46,49,54-57,59-61,63,65-67,69-70H,4-15,17-18,20-23,25,27-32,34-35,37-45,47-48,50-53H2,1-3H3,(H,64,71)/b19-16-,26-24-,36-33-,49-46+. The van der Waals surface area contributed by atoms with Gasteiger partial charge in [-0.25, -0.2) is 0 Å². The van der Waals surface area contributed by atoms with E-state index in [9.17, 15) is 35.1 Å². The molecule has 0 spiro atoms. The van der Waals surface area contributed by atoms with Crippen LogP contribution in [0.4, 0.5) is 0 Å². The van der Waals surface area contributed by atoms with Gasteiger partial charge in [0.1, 0.15) is 24.4 Å². The van der Waals surface area contributed by atoms with Crippen LogP contribution in [-0.2, 0) is 23.8 Å². The molecule has 74 heavy (non-hydrogen) atoms. The number of ether oxygens (including phenoxy) is 3. The smallest absolute Gasteiger partial charge is 0.306 e. The van der Waals surface area contributed by atoms with Gasteiger partial charge >= 0.3 is 5.97 Å². The van der Waals surface area contributed by atoms with E-state index in [1.165, 1.54) is 154 Å². The second-order valence-electron chi connectivity index (χ2n) is 21.4. The third-order valence-corrected chi connectivity index (χ3v) is 14.5. The predicted molar refractivity (Wildman–Crippen MR) is 306 cm³/mol. The van der Waals surface area contributed by atoms with Crippen LogP contribution >= 0.6 is 0 Å². The van der Waals surface area contributed by atoms with Crippen LogP contribution in [0, 0.1) is 0 Å². The SMILES string of the molecule is CCCCC/C=C\C/C=C\CCCCCCCCCCCCC(O)C(=O)NC(COC1OC(CO)C(O)C(O)C1OC(=O)CCCCC/C=C\CCCCCCCCC)C(O)/C=C/CCCCCCCCCCC. The highest BCUT2D eigenvalue weighted by molar-refractivity contribution is 5.80. The second-order valence-corrected chi connectivity index (χ2v) is 21.4. The van der Waals surface area contributed by atoms with Crippen molar-refractivity contribution in [2.45, 2.75) is 327 Å². The molecule has 1 fully saturated rings. The minimum atomic E-state index is -1.62. The number of amides is 1. The Balaban J connectivity index is 2.66. The van der Waals surface area contributed by atoms with Gasteiger partial charge in [0.15, 0.2) is 12.4 Å². The van der Waals surface area contributed by atoms with E-state index in [0.717, 1.165) is 77.0 Å². The van der Waals surface area contributed by atoms with Gasteiger partial charge in [0.05, 0.1) is 25.4 Å². The van der Waals surface area contributed by atoms with Gasteiger partial charge in [-0.1, -0.05) is 236 Å². The highest BCUT2D eigenvalue weighted by Crippen LogP contribution is 2.26. The Labute approximate surface area is 453 Å². The van der Waals surface area contributed by atoms with Crippen molar-refractivity contribution < 1.29 is 49.3 Å². The normalized spacial score (nSPS) is 19.6. The lowest BCUT2D eigenvalue weighted by Gasteiger charge is -2.41. The zero-order chi connectivity index (χ0) is 54.0. The Morgan fingerprint density at radius 1 is 0.527 bits per heavy atom. The third-order valence-electron chi connectivity index (χ3n) is 14.5. The molecule has 0 saturated carbocycles. The van der Waals surface area contributed by atoms with E-state index < -0.39 is 67.4 Å². The summed E-state index contributed by atoms with van der Waals surface area (Å²) in [6.07, 6.45) is 51.5. The number of esters is 1. The van der Waals surface area contributed by atoms with E-state index in [-0.39, 0.29) is 19.4 Å². The third kappa shape index (κ3) is 39.1. The van der Waals surface area contributed by atoms with Crippen LogP contribution in [0.1, 0.15) is 278 Å². The van der Waals surface area contributed by atoms with Crippen molar-refractivity contribution in [3.8, 4) is 0 Å². The first kappa shape index (κ1) is 69.6. The summed E-state index contributed by atoms with van der Waals surface area (Å²) < 4.78 is 17.6. The van der Waals surface area contributed by atoms with Crippen LogP contribution in [0.25, 0.3) is 0 Å². The van der Waals surface area contributed by atoms with E-state index >= 15 is 0 Å². The summed E-state index contributed by atoms with van der Waals surface area (Å²) in [5, 5.41) is 56.9. The Morgan fingerprint density at radius 2 is 0.932 bits per heavy atom. The van der Waals surface area contributed by atoms with Crippen LogP contribution < -0.4 is 5.32 Å². The summed E-state index contributed by atoms with van der Waals surface area (Å²) in [6, 6.07) is -1.03. The minimum Gasteiger partial charge on any atom is -0.454 e. The lowest BCUT2D eigenvalue weighted by Crippen LogP contribution is -2.61. The Bertz CT molecular complexity index is 1390.